The summed E-state index contributed by atoms with van der Waals surface area (Å²) in [6.45, 7) is 3.84. The lowest BCUT2D eigenvalue weighted by atomic mass is 10.1. The molecule has 0 radical (unpaired) electrons. The van der Waals surface area contributed by atoms with E-state index in [1.807, 2.05) is 44.2 Å². The van der Waals surface area contributed by atoms with Gasteiger partial charge in [-0.3, -0.25) is 4.79 Å². The van der Waals surface area contributed by atoms with E-state index in [-0.39, 0.29) is 17.7 Å². The second-order valence-electron chi connectivity index (χ2n) is 4.95. The summed E-state index contributed by atoms with van der Waals surface area (Å²) >= 11 is 0. The van der Waals surface area contributed by atoms with E-state index in [2.05, 4.69) is 0 Å². The van der Waals surface area contributed by atoms with Gasteiger partial charge in [-0.1, -0.05) is 18.2 Å². The van der Waals surface area contributed by atoms with Crippen LogP contribution in [0.15, 0.2) is 48.5 Å². The van der Waals surface area contributed by atoms with Gasteiger partial charge in [0, 0.05) is 17.3 Å². The number of para-hydroxylation sites is 1. The Morgan fingerprint density at radius 3 is 2.33 bits per heavy atom. The maximum atomic E-state index is 13.8. The first-order chi connectivity index (χ1) is 10.0. The van der Waals surface area contributed by atoms with Crippen molar-refractivity contribution in [2.24, 2.45) is 0 Å². The molecule has 1 amide bonds. The number of anilines is 1. The van der Waals surface area contributed by atoms with Crippen LogP contribution >= 0.6 is 0 Å². The number of hydrogen-bond donors (Lipinski definition) is 0. The number of nitrogens with zero attached hydrogens (tertiary/aromatic N) is 1. The Kier molecular flexibility index (Phi) is 4.58. The monoisotopic (exact) mass is 287 g/mol. The highest BCUT2D eigenvalue weighted by Gasteiger charge is 2.21. The predicted octanol–water partition coefficient (Wildman–Crippen LogP) is 3.89. The minimum atomic E-state index is -0.542. The van der Waals surface area contributed by atoms with E-state index in [9.17, 15) is 9.18 Å². The van der Waals surface area contributed by atoms with Gasteiger partial charge in [0.05, 0.1) is 7.11 Å². The van der Waals surface area contributed by atoms with Crippen molar-refractivity contribution in [1.82, 2.24) is 0 Å². The van der Waals surface area contributed by atoms with Crippen molar-refractivity contribution in [3.63, 3.8) is 0 Å². The van der Waals surface area contributed by atoms with E-state index in [1.54, 1.807) is 11.0 Å². The van der Waals surface area contributed by atoms with Crippen LogP contribution in [0.5, 0.6) is 5.75 Å². The molecule has 0 unspecified atom stereocenters. The third kappa shape index (κ3) is 3.21. The van der Waals surface area contributed by atoms with Crippen LogP contribution in [-0.2, 0) is 0 Å². The zero-order chi connectivity index (χ0) is 15.4. The Labute approximate surface area is 124 Å². The maximum absolute atomic E-state index is 13.8. The van der Waals surface area contributed by atoms with Crippen molar-refractivity contribution in [2.45, 2.75) is 19.9 Å². The molecule has 0 atom stereocenters. The van der Waals surface area contributed by atoms with Gasteiger partial charge in [-0.25, -0.2) is 4.39 Å². The molecule has 0 aromatic heterocycles. The summed E-state index contributed by atoms with van der Waals surface area (Å²) in [5.41, 5.74) is 1.08. The first kappa shape index (κ1) is 15.0. The summed E-state index contributed by atoms with van der Waals surface area (Å²) in [6, 6.07) is 13.5. The Bertz CT molecular complexity index is 626. The fourth-order valence-electron chi connectivity index (χ4n) is 2.18. The van der Waals surface area contributed by atoms with Crippen LogP contribution in [0.4, 0.5) is 10.1 Å². The number of methoxy groups -OCH3 is 1. The molecular formula is C17H18FNO2. The van der Waals surface area contributed by atoms with Crippen molar-refractivity contribution in [3.05, 3.63) is 59.9 Å². The summed E-state index contributed by atoms with van der Waals surface area (Å²) in [5, 5.41) is 0. The highest BCUT2D eigenvalue weighted by Crippen LogP contribution is 2.23. The fraction of sp³-hybridized carbons (Fsp3) is 0.235. The molecule has 0 spiro atoms. The van der Waals surface area contributed by atoms with E-state index in [0.717, 1.165) is 5.69 Å². The summed E-state index contributed by atoms with van der Waals surface area (Å²) in [7, 11) is 1.39. The maximum Gasteiger partial charge on any atom is 0.258 e. The molecule has 2 rings (SSSR count). The molecule has 21 heavy (non-hydrogen) atoms. The van der Waals surface area contributed by atoms with Crippen molar-refractivity contribution < 1.29 is 13.9 Å². The quantitative estimate of drug-likeness (QED) is 0.853. The summed E-state index contributed by atoms with van der Waals surface area (Å²) in [5.74, 6) is -0.653. The van der Waals surface area contributed by atoms with Gasteiger partial charge in [0.15, 0.2) is 11.6 Å². The summed E-state index contributed by atoms with van der Waals surface area (Å²) in [6.07, 6.45) is 0. The van der Waals surface area contributed by atoms with Crippen molar-refractivity contribution >= 4 is 11.6 Å². The zero-order valence-corrected chi connectivity index (χ0v) is 12.3. The van der Waals surface area contributed by atoms with E-state index in [0.29, 0.717) is 5.56 Å². The second kappa shape index (κ2) is 6.39. The van der Waals surface area contributed by atoms with Crippen LogP contribution in [0.3, 0.4) is 0 Å². The summed E-state index contributed by atoms with van der Waals surface area (Å²) < 4.78 is 18.7. The number of halogens is 1. The number of carbonyl (C=O) groups is 1. The van der Waals surface area contributed by atoms with Gasteiger partial charge in [0.2, 0.25) is 0 Å². The third-order valence-electron chi connectivity index (χ3n) is 3.17. The lowest BCUT2D eigenvalue weighted by Gasteiger charge is -2.27. The van der Waals surface area contributed by atoms with Gasteiger partial charge in [0.25, 0.3) is 5.91 Å². The zero-order valence-electron chi connectivity index (χ0n) is 12.3. The average Bonchev–Trinajstić information content (AvgIpc) is 2.48. The first-order valence-corrected chi connectivity index (χ1v) is 6.76. The number of rotatable bonds is 4. The molecule has 0 aliphatic rings. The highest BCUT2D eigenvalue weighted by atomic mass is 19.1. The molecule has 0 N–H and O–H groups in total. The van der Waals surface area contributed by atoms with Crippen LogP contribution in [0.2, 0.25) is 0 Å². The van der Waals surface area contributed by atoms with Crippen LogP contribution in [-0.4, -0.2) is 19.1 Å². The Morgan fingerprint density at radius 1 is 1.14 bits per heavy atom. The molecule has 0 aliphatic carbocycles. The Morgan fingerprint density at radius 2 is 1.81 bits per heavy atom. The molecule has 0 fully saturated rings. The van der Waals surface area contributed by atoms with Crippen LogP contribution in [0.1, 0.15) is 24.2 Å². The topological polar surface area (TPSA) is 29.5 Å². The molecule has 4 heteroatoms. The lowest BCUT2D eigenvalue weighted by Crippen LogP contribution is -2.37. The number of hydrogen-bond acceptors (Lipinski definition) is 2. The number of carbonyl (C=O) groups excluding carboxylic acids is 1. The standard InChI is InChI=1S/C17H18FNO2/c1-12(2)19(14-7-5-4-6-8-14)17(20)13-9-10-16(21-3)15(18)11-13/h4-12H,1-3H3. The number of benzene rings is 2. The smallest absolute Gasteiger partial charge is 0.258 e. The van der Waals surface area contributed by atoms with Crippen molar-refractivity contribution in [1.29, 1.82) is 0 Å². The molecular weight excluding hydrogens is 269 g/mol. The minimum absolute atomic E-state index is 0.0370. The van der Waals surface area contributed by atoms with Gasteiger partial charge in [-0.15, -0.1) is 0 Å². The Balaban J connectivity index is 2.38. The molecule has 110 valence electrons. The predicted molar refractivity (Wildman–Crippen MR) is 81.3 cm³/mol. The molecule has 0 saturated carbocycles. The molecule has 0 saturated heterocycles. The average molecular weight is 287 g/mol. The number of amides is 1. The summed E-state index contributed by atoms with van der Waals surface area (Å²) in [4.78, 5) is 14.3. The molecule has 2 aromatic rings. The largest absolute Gasteiger partial charge is 0.494 e. The van der Waals surface area contributed by atoms with E-state index in [1.165, 1.54) is 19.2 Å². The molecule has 0 heterocycles. The fourth-order valence-corrected chi connectivity index (χ4v) is 2.18. The van der Waals surface area contributed by atoms with E-state index < -0.39 is 5.82 Å². The highest BCUT2D eigenvalue weighted by molar-refractivity contribution is 6.06. The van der Waals surface area contributed by atoms with E-state index >= 15 is 0 Å². The van der Waals surface area contributed by atoms with Crippen molar-refractivity contribution in [2.75, 3.05) is 12.0 Å². The van der Waals surface area contributed by atoms with Gasteiger partial charge < -0.3 is 9.64 Å². The normalized spacial score (nSPS) is 10.5. The van der Waals surface area contributed by atoms with Crippen LogP contribution in [0, 0.1) is 5.82 Å². The molecule has 2 aromatic carbocycles. The van der Waals surface area contributed by atoms with E-state index in [4.69, 9.17) is 4.74 Å². The lowest BCUT2D eigenvalue weighted by molar-refractivity contribution is 0.0979. The molecule has 0 bridgehead atoms. The van der Waals surface area contributed by atoms with Crippen LogP contribution in [0.25, 0.3) is 0 Å². The third-order valence-corrected chi connectivity index (χ3v) is 3.17. The number of ether oxygens (including phenoxy) is 1. The van der Waals surface area contributed by atoms with Crippen LogP contribution < -0.4 is 9.64 Å². The Hall–Kier alpha value is -2.36. The second-order valence-corrected chi connectivity index (χ2v) is 4.95. The van der Waals surface area contributed by atoms with Crippen molar-refractivity contribution in [3.8, 4) is 5.75 Å². The minimum Gasteiger partial charge on any atom is -0.494 e. The van der Waals surface area contributed by atoms with Gasteiger partial charge in [0.1, 0.15) is 0 Å². The molecule has 0 aliphatic heterocycles. The van der Waals surface area contributed by atoms with Gasteiger partial charge in [-0.05, 0) is 44.2 Å². The van der Waals surface area contributed by atoms with Gasteiger partial charge in [-0.2, -0.15) is 0 Å². The van der Waals surface area contributed by atoms with Gasteiger partial charge >= 0.3 is 0 Å². The molecule has 3 nitrogen and oxygen atoms in total. The first-order valence-electron chi connectivity index (χ1n) is 6.76. The SMILES string of the molecule is COc1ccc(C(=O)N(c2ccccc2)C(C)C)cc1F.